The summed E-state index contributed by atoms with van der Waals surface area (Å²) >= 11 is 0. The fraction of sp³-hybridized carbons (Fsp3) is 0.441. The molecule has 0 aliphatic heterocycles. The number of fused-ring (bicyclic) bond motifs is 1. The average Bonchev–Trinajstić information content (AvgIpc) is 3.64. The number of hydrogen-bond acceptors (Lipinski definition) is 5. The Morgan fingerprint density at radius 2 is 1.59 bits per heavy atom. The van der Waals surface area contributed by atoms with Crippen LogP contribution in [0.2, 0.25) is 0 Å². The molecule has 0 spiro atoms. The summed E-state index contributed by atoms with van der Waals surface area (Å²) in [5.41, 5.74) is 4.79. The summed E-state index contributed by atoms with van der Waals surface area (Å²) in [5, 5.41) is 11.6. The van der Waals surface area contributed by atoms with Gasteiger partial charge in [0.15, 0.2) is 0 Å². The number of hydrogen-bond donors (Lipinski definition) is 1. The maximum Gasteiger partial charge on any atom is 0.223 e. The molecule has 1 fully saturated rings. The molecule has 41 heavy (non-hydrogen) atoms. The molecule has 4 rings (SSSR count). The molecule has 3 aliphatic rings. The normalized spacial score (nSPS) is 22.3. The molecule has 1 aromatic heterocycles. The van der Waals surface area contributed by atoms with Crippen LogP contribution in [-0.4, -0.2) is 53.9 Å². The molecule has 218 valence electrons. The van der Waals surface area contributed by atoms with Gasteiger partial charge in [-0.25, -0.2) is 4.68 Å². The van der Waals surface area contributed by atoms with E-state index in [9.17, 15) is 4.79 Å². The first kappa shape index (κ1) is 30.4. The lowest BCUT2D eigenvalue weighted by Gasteiger charge is -2.20. The lowest BCUT2D eigenvalue weighted by Crippen LogP contribution is -2.34. The molecule has 1 aromatic rings. The molecular formula is C34H44N4O3. The van der Waals surface area contributed by atoms with E-state index < -0.39 is 0 Å². The number of nitrogens with one attached hydrogen (secondary N) is 1. The third kappa shape index (κ3) is 11.8. The first-order chi connectivity index (χ1) is 20.3. The van der Waals surface area contributed by atoms with Crippen molar-refractivity contribution < 1.29 is 14.3 Å². The number of carbonyl (C=O) groups is 1. The first-order valence-electron chi connectivity index (χ1n) is 15.0. The van der Waals surface area contributed by atoms with Crippen LogP contribution in [0.4, 0.5) is 0 Å². The van der Waals surface area contributed by atoms with Gasteiger partial charge in [0, 0.05) is 25.1 Å². The van der Waals surface area contributed by atoms with Gasteiger partial charge in [-0.3, -0.25) is 4.79 Å². The Kier molecular flexibility index (Phi) is 13.3. The molecule has 3 aliphatic carbocycles. The van der Waals surface area contributed by atoms with Crippen LogP contribution >= 0.6 is 0 Å². The largest absolute Gasteiger partial charge is 0.377 e. The minimum Gasteiger partial charge on any atom is -0.377 e. The zero-order chi connectivity index (χ0) is 28.4. The minimum absolute atomic E-state index is 0.179. The third-order valence-corrected chi connectivity index (χ3v) is 7.31. The number of ether oxygens (including phenoxy) is 2. The van der Waals surface area contributed by atoms with Gasteiger partial charge >= 0.3 is 0 Å². The predicted octanol–water partition coefficient (Wildman–Crippen LogP) is 5.92. The SMILES string of the molecule is O=C(NCCOCCOCCn1cc(CC2=C/C=C\C3=CC(=C/C=C\C=C/C=C\C=C2)/CC3)nn1)C1CCCCC1. The Morgan fingerprint density at radius 3 is 2.44 bits per heavy atom. The summed E-state index contributed by atoms with van der Waals surface area (Å²) < 4.78 is 13.1. The summed E-state index contributed by atoms with van der Waals surface area (Å²) in [6, 6.07) is 0. The van der Waals surface area contributed by atoms with E-state index in [2.05, 4.69) is 70.3 Å². The van der Waals surface area contributed by atoms with E-state index in [0.29, 0.717) is 45.9 Å². The average molecular weight is 557 g/mol. The Hall–Kier alpha value is -3.55. The molecule has 1 heterocycles. The van der Waals surface area contributed by atoms with Gasteiger partial charge in [-0.2, -0.15) is 0 Å². The lowest BCUT2D eigenvalue weighted by atomic mass is 9.89. The summed E-state index contributed by atoms with van der Waals surface area (Å²) in [5.74, 6) is 0.370. The molecular weight excluding hydrogens is 512 g/mol. The Morgan fingerprint density at radius 1 is 0.829 bits per heavy atom. The molecule has 7 nitrogen and oxygen atoms in total. The van der Waals surface area contributed by atoms with Crippen molar-refractivity contribution in [1.29, 1.82) is 0 Å². The maximum atomic E-state index is 12.1. The van der Waals surface area contributed by atoms with E-state index in [1.54, 1.807) is 0 Å². The minimum atomic E-state index is 0.179. The van der Waals surface area contributed by atoms with Gasteiger partial charge in [-0.05, 0) is 42.4 Å². The van der Waals surface area contributed by atoms with Crippen LogP contribution < -0.4 is 5.32 Å². The van der Waals surface area contributed by atoms with Crippen molar-refractivity contribution in [3.63, 3.8) is 0 Å². The molecule has 0 radical (unpaired) electrons. The summed E-state index contributed by atoms with van der Waals surface area (Å²) in [4.78, 5) is 12.1. The standard InChI is InChI=1S/C34H44N4O3/c39-34(32-16-9-6-10-17-32)35-20-22-40-24-25-41-23-21-38-28-33(36-37-38)27-29-12-7-4-2-1-3-5-8-13-30-18-19-31(26-30)15-11-14-29/h1-5,7-8,11-15,26,28,32H,6,9-10,16-25,27H2,(H,35,39)/b2-1?,3-1-,4-2-,5-3?,7-4?,8-5-,12-7?,13-8?,14-11?,15-11-,29-12?,29-14?,30-13+,31-15?. The first-order valence-corrected chi connectivity index (χ1v) is 15.0. The van der Waals surface area contributed by atoms with Gasteiger partial charge in [0.25, 0.3) is 0 Å². The zero-order valence-electron chi connectivity index (χ0n) is 24.1. The van der Waals surface area contributed by atoms with Crippen molar-refractivity contribution in [2.45, 2.75) is 57.9 Å². The second-order valence-corrected chi connectivity index (χ2v) is 10.6. The van der Waals surface area contributed by atoms with Crippen molar-refractivity contribution in [2.24, 2.45) is 5.92 Å². The number of nitrogens with zero attached hydrogens (tertiary/aromatic N) is 3. The second-order valence-electron chi connectivity index (χ2n) is 10.6. The van der Waals surface area contributed by atoms with E-state index in [-0.39, 0.29) is 11.8 Å². The van der Waals surface area contributed by atoms with Gasteiger partial charge in [-0.15, -0.1) is 5.10 Å². The highest BCUT2D eigenvalue weighted by Gasteiger charge is 2.20. The Bertz CT molecular complexity index is 1210. The van der Waals surface area contributed by atoms with Gasteiger partial charge in [0.05, 0.1) is 38.7 Å². The Labute approximate surface area is 244 Å². The zero-order valence-corrected chi connectivity index (χ0v) is 24.1. The quantitative estimate of drug-likeness (QED) is 0.324. The molecule has 1 amide bonds. The molecule has 0 unspecified atom stereocenters. The highest BCUT2D eigenvalue weighted by molar-refractivity contribution is 5.78. The fourth-order valence-corrected chi connectivity index (χ4v) is 5.06. The molecule has 0 saturated heterocycles. The number of rotatable bonds is 12. The predicted molar refractivity (Wildman–Crippen MR) is 164 cm³/mol. The topological polar surface area (TPSA) is 78.3 Å². The molecule has 7 heteroatoms. The van der Waals surface area contributed by atoms with Crippen molar-refractivity contribution >= 4 is 5.91 Å². The van der Waals surface area contributed by atoms with E-state index in [1.165, 1.54) is 30.4 Å². The highest BCUT2D eigenvalue weighted by Crippen LogP contribution is 2.25. The van der Waals surface area contributed by atoms with Crippen molar-refractivity contribution in [3.05, 3.63) is 108 Å². The van der Waals surface area contributed by atoms with Crippen LogP contribution in [0.5, 0.6) is 0 Å². The molecule has 0 aromatic carbocycles. The summed E-state index contributed by atoms with van der Waals surface area (Å²) in [6.07, 6.45) is 37.9. The van der Waals surface area contributed by atoms with Crippen LogP contribution in [0.25, 0.3) is 0 Å². The lowest BCUT2D eigenvalue weighted by molar-refractivity contribution is -0.126. The van der Waals surface area contributed by atoms with Gasteiger partial charge < -0.3 is 14.8 Å². The van der Waals surface area contributed by atoms with Gasteiger partial charge in [0.2, 0.25) is 5.91 Å². The van der Waals surface area contributed by atoms with Crippen LogP contribution in [0.15, 0.2) is 102 Å². The van der Waals surface area contributed by atoms with Crippen LogP contribution in [0, 0.1) is 5.92 Å². The Balaban J connectivity index is 1.15. The van der Waals surface area contributed by atoms with E-state index in [4.69, 9.17) is 9.47 Å². The van der Waals surface area contributed by atoms with Crippen molar-refractivity contribution in [2.75, 3.05) is 33.0 Å². The molecule has 1 saturated carbocycles. The highest BCUT2D eigenvalue weighted by atomic mass is 16.5. The van der Waals surface area contributed by atoms with Crippen molar-refractivity contribution in [1.82, 2.24) is 20.3 Å². The maximum absolute atomic E-state index is 12.1. The molecule has 2 bridgehead atoms. The van der Waals surface area contributed by atoms with E-state index >= 15 is 0 Å². The van der Waals surface area contributed by atoms with E-state index in [1.807, 2.05) is 35.2 Å². The van der Waals surface area contributed by atoms with Crippen LogP contribution in [0.3, 0.4) is 0 Å². The molecule has 0 atom stereocenters. The summed E-state index contributed by atoms with van der Waals surface area (Å²) in [7, 11) is 0. The number of amides is 1. The van der Waals surface area contributed by atoms with E-state index in [0.717, 1.165) is 37.0 Å². The molecule has 1 N–H and O–H groups in total. The van der Waals surface area contributed by atoms with Crippen LogP contribution in [-0.2, 0) is 27.2 Å². The third-order valence-electron chi connectivity index (χ3n) is 7.31. The van der Waals surface area contributed by atoms with Gasteiger partial charge in [0.1, 0.15) is 0 Å². The number of aromatic nitrogens is 3. The number of carbonyl (C=O) groups excluding carboxylic acids is 1. The smallest absolute Gasteiger partial charge is 0.223 e. The van der Waals surface area contributed by atoms with Crippen LogP contribution in [0.1, 0.15) is 50.6 Å². The number of allylic oxidation sites excluding steroid dienone is 16. The van der Waals surface area contributed by atoms with Crippen molar-refractivity contribution in [3.8, 4) is 0 Å². The fourth-order valence-electron chi connectivity index (χ4n) is 5.06. The second kappa shape index (κ2) is 18.0. The summed E-state index contributed by atoms with van der Waals surface area (Å²) in [6.45, 7) is 3.24. The van der Waals surface area contributed by atoms with Gasteiger partial charge in [-0.1, -0.05) is 103 Å². The monoisotopic (exact) mass is 556 g/mol.